The van der Waals surface area contributed by atoms with Crippen molar-refractivity contribution in [3.63, 3.8) is 0 Å². The monoisotopic (exact) mass is 168 g/mol. The fourth-order valence-electron chi connectivity index (χ4n) is 3.97. The van der Waals surface area contributed by atoms with Crippen LogP contribution in [0.3, 0.4) is 0 Å². The number of hydrogen-bond acceptors (Lipinski definition) is 3. The molecule has 0 aromatic heterocycles. The summed E-state index contributed by atoms with van der Waals surface area (Å²) in [5, 5.41) is 9.93. The minimum atomic E-state index is -0.125. The molecular formula is C9H12O3. The first-order valence-electron chi connectivity index (χ1n) is 4.79. The highest BCUT2D eigenvalue weighted by Crippen LogP contribution is 2.61. The van der Waals surface area contributed by atoms with Crippen LogP contribution in [0, 0.1) is 23.7 Å². The van der Waals surface area contributed by atoms with Crippen LogP contribution in [0.1, 0.15) is 0 Å². The number of rotatable bonds is 0. The van der Waals surface area contributed by atoms with Gasteiger partial charge in [-0.2, -0.15) is 0 Å². The maximum absolute atomic E-state index is 9.93. The summed E-state index contributed by atoms with van der Waals surface area (Å²) in [6.07, 6.45) is 0.336. The van der Waals surface area contributed by atoms with Crippen LogP contribution in [0.5, 0.6) is 0 Å². The summed E-state index contributed by atoms with van der Waals surface area (Å²) in [5.41, 5.74) is 0. The zero-order valence-corrected chi connectivity index (χ0v) is 6.72. The smallest absolute Gasteiger partial charge is 0.0897 e. The van der Waals surface area contributed by atoms with Crippen molar-refractivity contribution in [1.29, 1.82) is 0 Å². The van der Waals surface area contributed by atoms with Gasteiger partial charge in [-0.3, -0.25) is 0 Å². The molecule has 4 aliphatic rings. The van der Waals surface area contributed by atoms with Crippen LogP contribution >= 0.6 is 0 Å². The highest BCUT2D eigenvalue weighted by atomic mass is 16.6. The van der Waals surface area contributed by atoms with Crippen LogP contribution in [0.25, 0.3) is 0 Å². The Bertz CT molecular complexity index is 198. The molecule has 2 heterocycles. The Hall–Kier alpha value is -0.120. The van der Waals surface area contributed by atoms with Crippen molar-refractivity contribution in [3.8, 4) is 0 Å². The third-order valence-corrected chi connectivity index (χ3v) is 4.37. The van der Waals surface area contributed by atoms with Crippen molar-refractivity contribution >= 4 is 0 Å². The highest BCUT2D eigenvalue weighted by Gasteiger charge is 2.70. The molecule has 2 aliphatic heterocycles. The molecule has 2 saturated carbocycles. The Morgan fingerprint density at radius 3 is 1.92 bits per heavy atom. The summed E-state index contributed by atoms with van der Waals surface area (Å²) in [5.74, 6) is 2.03. The van der Waals surface area contributed by atoms with Gasteiger partial charge in [0, 0.05) is 11.8 Å². The van der Waals surface area contributed by atoms with E-state index in [1.54, 1.807) is 0 Å². The molecular weight excluding hydrogens is 156 g/mol. The summed E-state index contributed by atoms with van der Waals surface area (Å²) in [4.78, 5) is 0. The van der Waals surface area contributed by atoms with Crippen LogP contribution < -0.4 is 0 Å². The Balaban J connectivity index is 1.91. The van der Waals surface area contributed by atoms with Gasteiger partial charge < -0.3 is 14.6 Å². The van der Waals surface area contributed by atoms with Gasteiger partial charge in [0.05, 0.1) is 31.5 Å². The number of aliphatic hydroxyl groups excluding tert-OH is 1. The second-order valence-electron chi connectivity index (χ2n) is 4.57. The summed E-state index contributed by atoms with van der Waals surface area (Å²) in [6, 6.07) is 0. The molecule has 0 aromatic rings. The van der Waals surface area contributed by atoms with E-state index in [-0.39, 0.29) is 18.3 Å². The predicted octanol–water partition coefficient (Wildman–Crippen LogP) is -0.363. The molecule has 4 rings (SSSR count). The van der Waals surface area contributed by atoms with E-state index >= 15 is 0 Å². The van der Waals surface area contributed by atoms with Gasteiger partial charge in [-0.1, -0.05) is 0 Å². The minimum Gasteiger partial charge on any atom is -0.392 e. The molecule has 1 N–H and O–H groups in total. The highest BCUT2D eigenvalue weighted by molar-refractivity contribution is 5.17. The maximum atomic E-state index is 9.93. The van der Waals surface area contributed by atoms with Crippen LogP contribution in [0.4, 0.5) is 0 Å². The molecule has 3 nitrogen and oxygen atoms in total. The minimum absolute atomic E-state index is 0.125. The molecule has 12 heavy (non-hydrogen) atoms. The molecule has 1 unspecified atom stereocenters. The fraction of sp³-hybridized carbons (Fsp3) is 1.00. The molecule has 0 spiro atoms. The number of ether oxygens (including phenoxy) is 2. The molecule has 2 bridgehead atoms. The van der Waals surface area contributed by atoms with E-state index in [0.29, 0.717) is 23.7 Å². The largest absolute Gasteiger partial charge is 0.392 e. The standard InChI is InChI=1S/C9H12O3/c10-7-5-3-1-11-8(5)9-6(7)4(3)2-12-9/h3-10H,1-2H2/t3-,4-,5-,6+,7?,8-,9-/m1/s1. The predicted molar refractivity (Wildman–Crippen MR) is 39.4 cm³/mol. The van der Waals surface area contributed by atoms with Crippen molar-refractivity contribution in [2.24, 2.45) is 23.7 Å². The molecule has 0 amide bonds. The van der Waals surface area contributed by atoms with Gasteiger partial charge in [0.2, 0.25) is 0 Å². The van der Waals surface area contributed by atoms with Crippen molar-refractivity contribution in [1.82, 2.24) is 0 Å². The summed E-state index contributed by atoms with van der Waals surface area (Å²) in [6.45, 7) is 1.74. The first-order valence-corrected chi connectivity index (χ1v) is 4.79. The van der Waals surface area contributed by atoms with Gasteiger partial charge in [-0.05, 0) is 11.8 Å². The molecule has 7 atom stereocenters. The normalized spacial score (nSPS) is 71.2. The maximum Gasteiger partial charge on any atom is 0.0897 e. The lowest BCUT2D eigenvalue weighted by Gasteiger charge is -2.20. The lowest BCUT2D eigenvalue weighted by Crippen LogP contribution is -2.30. The van der Waals surface area contributed by atoms with Gasteiger partial charge in [0.15, 0.2) is 0 Å². The third kappa shape index (κ3) is 0.444. The van der Waals surface area contributed by atoms with E-state index in [4.69, 9.17) is 9.47 Å². The third-order valence-electron chi connectivity index (χ3n) is 4.37. The van der Waals surface area contributed by atoms with Crippen LogP contribution in [0.2, 0.25) is 0 Å². The molecule has 66 valence electrons. The van der Waals surface area contributed by atoms with Crippen LogP contribution in [0.15, 0.2) is 0 Å². The molecule has 2 saturated heterocycles. The SMILES string of the molecule is OC1[C@@H]2[C@@H]3CO[C@H]2[C@@H]2OC[C@H]3[C@H]12. The lowest BCUT2D eigenvalue weighted by atomic mass is 9.82. The second kappa shape index (κ2) is 1.72. The number of aliphatic hydroxyl groups is 1. The lowest BCUT2D eigenvalue weighted by molar-refractivity contribution is -0.0226. The quantitative estimate of drug-likeness (QED) is 0.536. The van der Waals surface area contributed by atoms with Crippen molar-refractivity contribution in [2.75, 3.05) is 13.2 Å². The molecule has 3 heteroatoms. The van der Waals surface area contributed by atoms with Crippen molar-refractivity contribution < 1.29 is 14.6 Å². The van der Waals surface area contributed by atoms with Crippen LogP contribution in [-0.2, 0) is 9.47 Å². The summed E-state index contributed by atoms with van der Waals surface area (Å²) >= 11 is 0. The average molecular weight is 168 g/mol. The van der Waals surface area contributed by atoms with E-state index in [1.165, 1.54) is 0 Å². The van der Waals surface area contributed by atoms with E-state index in [1.807, 2.05) is 0 Å². The summed E-state index contributed by atoms with van der Waals surface area (Å²) < 4.78 is 11.3. The molecule has 0 aromatic carbocycles. The number of hydrogen-bond donors (Lipinski definition) is 1. The van der Waals surface area contributed by atoms with E-state index in [2.05, 4.69) is 0 Å². The molecule has 2 aliphatic carbocycles. The van der Waals surface area contributed by atoms with Gasteiger partial charge in [0.25, 0.3) is 0 Å². The Kier molecular flexibility index (Phi) is 0.908. The van der Waals surface area contributed by atoms with Gasteiger partial charge in [-0.15, -0.1) is 0 Å². The molecule has 0 radical (unpaired) electrons. The molecule has 4 fully saturated rings. The summed E-state index contributed by atoms with van der Waals surface area (Å²) in [7, 11) is 0. The Labute approximate surface area is 70.7 Å². The van der Waals surface area contributed by atoms with Gasteiger partial charge in [0.1, 0.15) is 0 Å². The average Bonchev–Trinajstić information content (AvgIpc) is 2.62. The zero-order valence-electron chi connectivity index (χ0n) is 6.72. The van der Waals surface area contributed by atoms with Gasteiger partial charge >= 0.3 is 0 Å². The topological polar surface area (TPSA) is 38.7 Å². The first-order chi connectivity index (χ1) is 5.88. The van der Waals surface area contributed by atoms with E-state index in [9.17, 15) is 5.11 Å². The Morgan fingerprint density at radius 1 is 0.917 bits per heavy atom. The fourth-order valence-corrected chi connectivity index (χ4v) is 3.97. The van der Waals surface area contributed by atoms with Crippen molar-refractivity contribution in [3.05, 3.63) is 0 Å². The first kappa shape index (κ1) is 6.35. The van der Waals surface area contributed by atoms with Crippen molar-refractivity contribution in [2.45, 2.75) is 18.3 Å². The van der Waals surface area contributed by atoms with E-state index in [0.717, 1.165) is 13.2 Å². The zero-order chi connectivity index (χ0) is 7.87. The Morgan fingerprint density at radius 2 is 1.42 bits per heavy atom. The number of fused-ring (bicyclic) bond motifs is 2. The second-order valence-corrected chi connectivity index (χ2v) is 4.57. The van der Waals surface area contributed by atoms with E-state index < -0.39 is 0 Å². The van der Waals surface area contributed by atoms with Crippen LogP contribution in [-0.4, -0.2) is 36.6 Å². The van der Waals surface area contributed by atoms with Gasteiger partial charge in [-0.25, -0.2) is 0 Å².